The highest BCUT2D eigenvalue weighted by atomic mass is 32.1. The number of carbonyl (C=O) groups is 1. The summed E-state index contributed by atoms with van der Waals surface area (Å²) in [7, 11) is 4.35. The fourth-order valence-corrected chi connectivity index (χ4v) is 9.13. The highest BCUT2D eigenvalue weighted by molar-refractivity contribution is 7.80. The smallest absolute Gasteiger partial charge is 0.313 e. The van der Waals surface area contributed by atoms with Crippen molar-refractivity contribution >= 4 is 23.1 Å². The minimum atomic E-state index is 0.255. The zero-order valence-corrected chi connectivity index (χ0v) is 21.2. The Hall–Kier alpha value is -1.26. The van der Waals surface area contributed by atoms with E-state index in [1.807, 2.05) is 0 Å². The highest BCUT2D eigenvalue weighted by Crippen LogP contribution is 2.65. The molecule has 1 saturated heterocycles. The van der Waals surface area contributed by atoms with Crippen LogP contribution in [0.5, 0.6) is 0 Å². The van der Waals surface area contributed by atoms with E-state index < -0.39 is 0 Å². The van der Waals surface area contributed by atoms with Gasteiger partial charge in [0.2, 0.25) is 0 Å². The van der Waals surface area contributed by atoms with Crippen molar-refractivity contribution in [3.63, 3.8) is 0 Å². The Bertz CT molecular complexity index is 898. The summed E-state index contributed by atoms with van der Waals surface area (Å²) in [6.07, 6.45) is 10.5. The summed E-state index contributed by atoms with van der Waals surface area (Å²) in [5.74, 6) is 2.58. The van der Waals surface area contributed by atoms with Crippen molar-refractivity contribution < 1.29 is 9.28 Å². The molecule has 1 aromatic rings. The molecule has 3 saturated carbocycles. The molecule has 3 aliphatic carbocycles. The Morgan fingerprint density at radius 2 is 1.84 bits per heavy atom. The summed E-state index contributed by atoms with van der Waals surface area (Å²) in [6.45, 7) is 5.11. The zero-order chi connectivity index (χ0) is 22.7. The molecule has 7 atom stereocenters. The van der Waals surface area contributed by atoms with Gasteiger partial charge in [-0.15, -0.1) is 0 Å². The first-order chi connectivity index (χ1) is 15.1. The van der Waals surface area contributed by atoms with E-state index in [1.54, 1.807) is 0 Å². The largest absolute Gasteiger partial charge is 0.376 e. The summed E-state index contributed by atoms with van der Waals surface area (Å²) in [4.78, 5) is 14.0. The fourth-order valence-electron chi connectivity index (χ4n) is 8.81. The molecule has 4 fully saturated rings. The summed E-state index contributed by atoms with van der Waals surface area (Å²) in [5.41, 5.74) is 2.03. The molecule has 174 valence electrons. The summed E-state index contributed by atoms with van der Waals surface area (Å²) >= 11 is 5.93. The van der Waals surface area contributed by atoms with Gasteiger partial charge in [0.1, 0.15) is 6.04 Å². The van der Waals surface area contributed by atoms with Crippen LogP contribution in [0, 0.1) is 28.6 Å². The number of hydrogen-bond donors (Lipinski definition) is 1. The number of quaternary nitrogens is 1. The van der Waals surface area contributed by atoms with E-state index in [9.17, 15) is 4.79 Å². The third kappa shape index (κ3) is 3.48. The van der Waals surface area contributed by atoms with Crippen LogP contribution in [-0.2, 0) is 11.2 Å². The number of nitrogens with one attached hydrogen (secondary N) is 1. The minimum absolute atomic E-state index is 0.255. The fraction of sp³-hybridized carbons (Fsp3) is 0.714. The standard InChI is InChI=1S/C28H40N2OS/c1-27-14-8-11-20(27)26-21(12-15-27)28(2)16-13-25(31)30(3,4)23(28)18-22(26)29-24(32)17-19-9-6-5-7-10-19/h5-7,9-10,20-23,26H,8,11-18H2,1-4H3/p+1/t20-,21-,22?,23+,26-,27-,28+/m0/s1. The second kappa shape index (κ2) is 7.91. The molecule has 1 heterocycles. The number of fused-ring (bicyclic) bond motifs is 5. The lowest BCUT2D eigenvalue weighted by molar-refractivity contribution is -0.857. The predicted molar refractivity (Wildman–Crippen MR) is 134 cm³/mol. The second-order valence-electron chi connectivity index (χ2n) is 12.4. The number of benzene rings is 1. The maximum absolute atomic E-state index is 13.0. The van der Waals surface area contributed by atoms with E-state index in [2.05, 4.69) is 63.6 Å². The van der Waals surface area contributed by atoms with E-state index in [4.69, 9.17) is 12.2 Å². The van der Waals surface area contributed by atoms with Gasteiger partial charge in [0.05, 0.1) is 25.5 Å². The molecule has 5 rings (SSSR count). The van der Waals surface area contributed by atoms with Crippen molar-refractivity contribution in [2.45, 2.75) is 83.7 Å². The Kier molecular flexibility index (Phi) is 5.57. The lowest BCUT2D eigenvalue weighted by atomic mass is 9.46. The number of piperidine rings is 1. The third-order valence-corrected chi connectivity index (χ3v) is 10.8. The number of hydrogen-bond acceptors (Lipinski definition) is 2. The summed E-state index contributed by atoms with van der Waals surface area (Å²) < 4.78 is 0.547. The van der Waals surface area contributed by atoms with Gasteiger partial charge in [-0.25, -0.2) is 4.79 Å². The molecule has 1 aliphatic heterocycles. The first-order valence-corrected chi connectivity index (χ1v) is 13.3. The van der Waals surface area contributed by atoms with Crippen LogP contribution in [0.25, 0.3) is 0 Å². The number of thiocarbonyl (C=S) groups is 1. The van der Waals surface area contributed by atoms with E-state index in [-0.39, 0.29) is 5.41 Å². The lowest BCUT2D eigenvalue weighted by Crippen LogP contribution is -2.72. The Balaban J connectivity index is 1.47. The van der Waals surface area contributed by atoms with Gasteiger partial charge in [0.15, 0.2) is 0 Å². The molecule has 0 spiro atoms. The van der Waals surface area contributed by atoms with Crippen LogP contribution in [0.4, 0.5) is 0 Å². The Labute approximate surface area is 199 Å². The van der Waals surface area contributed by atoms with Gasteiger partial charge in [-0.1, -0.05) is 62.8 Å². The molecule has 1 aromatic carbocycles. The topological polar surface area (TPSA) is 29.1 Å². The molecular weight excluding hydrogens is 412 g/mol. The van der Waals surface area contributed by atoms with Gasteiger partial charge < -0.3 is 5.32 Å². The van der Waals surface area contributed by atoms with Crippen LogP contribution >= 0.6 is 12.2 Å². The molecule has 1 unspecified atom stereocenters. The average molecular weight is 454 g/mol. The molecule has 32 heavy (non-hydrogen) atoms. The molecule has 1 N–H and O–H groups in total. The van der Waals surface area contributed by atoms with Crippen LogP contribution in [-0.4, -0.2) is 41.6 Å². The van der Waals surface area contributed by atoms with Crippen LogP contribution in [0.1, 0.15) is 70.8 Å². The number of nitrogens with zero attached hydrogens (tertiary/aromatic N) is 1. The summed E-state index contributed by atoms with van der Waals surface area (Å²) in [5, 5.41) is 3.91. The van der Waals surface area contributed by atoms with Crippen LogP contribution < -0.4 is 5.32 Å². The van der Waals surface area contributed by atoms with Crippen LogP contribution in [0.2, 0.25) is 0 Å². The molecule has 0 radical (unpaired) electrons. The Morgan fingerprint density at radius 3 is 2.59 bits per heavy atom. The minimum Gasteiger partial charge on any atom is -0.376 e. The molecule has 4 aliphatic rings. The van der Waals surface area contributed by atoms with Gasteiger partial charge in [0.25, 0.3) is 0 Å². The Morgan fingerprint density at radius 1 is 1.09 bits per heavy atom. The van der Waals surface area contributed by atoms with Gasteiger partial charge in [-0.05, 0) is 60.8 Å². The van der Waals surface area contributed by atoms with Crippen molar-refractivity contribution in [3.05, 3.63) is 35.9 Å². The molecule has 1 amide bonds. The van der Waals surface area contributed by atoms with Gasteiger partial charge in [-0.2, -0.15) is 0 Å². The number of likely N-dealkylation sites (tertiary alicyclic amines) is 1. The van der Waals surface area contributed by atoms with Gasteiger partial charge in [0, 0.05) is 24.3 Å². The number of rotatable bonds is 3. The van der Waals surface area contributed by atoms with E-state index in [0.717, 1.165) is 36.6 Å². The predicted octanol–water partition coefficient (Wildman–Crippen LogP) is 5.52. The van der Waals surface area contributed by atoms with Crippen molar-refractivity contribution in [1.29, 1.82) is 0 Å². The highest BCUT2D eigenvalue weighted by Gasteiger charge is 2.65. The second-order valence-corrected chi connectivity index (χ2v) is 12.9. The first-order valence-electron chi connectivity index (χ1n) is 12.9. The summed E-state index contributed by atoms with van der Waals surface area (Å²) in [6, 6.07) is 11.4. The number of carbonyl (C=O) groups excluding carboxylic acids is 1. The molecule has 3 nitrogen and oxygen atoms in total. The molecule has 0 bridgehead atoms. The van der Waals surface area contributed by atoms with Crippen LogP contribution in [0.3, 0.4) is 0 Å². The van der Waals surface area contributed by atoms with Crippen molar-refractivity contribution in [2.75, 3.05) is 14.1 Å². The van der Waals surface area contributed by atoms with E-state index in [0.29, 0.717) is 39.7 Å². The zero-order valence-electron chi connectivity index (χ0n) is 20.4. The molecule has 4 heteroatoms. The van der Waals surface area contributed by atoms with Gasteiger partial charge in [-0.3, -0.25) is 4.48 Å². The third-order valence-electron chi connectivity index (χ3n) is 10.5. The SMILES string of the molecule is C[C@@]12CCC[C@H]1[C@@H]1C(NC(=S)Cc3ccccc3)C[C@@H]3[C@](C)(CCC(=O)[N+]3(C)C)[C@H]1CC2. The van der Waals surface area contributed by atoms with E-state index in [1.165, 1.54) is 37.7 Å². The molecular formula is C28H41N2OS+. The first kappa shape index (κ1) is 22.5. The quantitative estimate of drug-likeness (QED) is 0.482. The maximum atomic E-state index is 13.0. The maximum Gasteiger partial charge on any atom is 0.313 e. The van der Waals surface area contributed by atoms with Crippen molar-refractivity contribution in [2.24, 2.45) is 28.6 Å². The van der Waals surface area contributed by atoms with Crippen molar-refractivity contribution in [1.82, 2.24) is 5.32 Å². The van der Waals surface area contributed by atoms with Crippen LogP contribution in [0.15, 0.2) is 30.3 Å². The normalized spacial score (nSPS) is 42.5. The number of amides is 1. The average Bonchev–Trinajstić information content (AvgIpc) is 3.15. The lowest BCUT2D eigenvalue weighted by Gasteiger charge is -2.64. The molecule has 0 aromatic heterocycles. The van der Waals surface area contributed by atoms with Crippen molar-refractivity contribution in [3.8, 4) is 0 Å². The monoisotopic (exact) mass is 453 g/mol. The van der Waals surface area contributed by atoms with Gasteiger partial charge >= 0.3 is 5.91 Å². The van der Waals surface area contributed by atoms with E-state index >= 15 is 0 Å².